The van der Waals surface area contributed by atoms with Crippen LogP contribution in [0.4, 0.5) is 17.6 Å². The van der Waals surface area contributed by atoms with Gasteiger partial charge in [-0.15, -0.1) is 10.2 Å². The predicted molar refractivity (Wildman–Crippen MR) is 66.0 cm³/mol. The van der Waals surface area contributed by atoms with Gasteiger partial charge >= 0.3 is 5.97 Å². The van der Waals surface area contributed by atoms with Crippen LogP contribution in [-0.4, -0.2) is 16.2 Å². The Balaban J connectivity index is 2.35. The minimum Gasteiger partial charge on any atom is -0.415 e. The highest BCUT2D eigenvalue weighted by atomic mass is 127. The molecule has 0 saturated carbocycles. The predicted octanol–water partition coefficient (Wildman–Crippen LogP) is 2.86. The molecule has 104 valence electrons. The van der Waals surface area contributed by atoms with E-state index in [0.717, 1.165) is 0 Å². The van der Waals surface area contributed by atoms with E-state index < -0.39 is 35.0 Å². The van der Waals surface area contributed by atoms with Crippen molar-refractivity contribution in [2.45, 2.75) is 0 Å². The van der Waals surface area contributed by atoms with E-state index in [4.69, 9.17) is 0 Å². The van der Waals surface area contributed by atoms with Gasteiger partial charge in [-0.2, -0.15) is 8.78 Å². The quantitative estimate of drug-likeness (QED) is 0.257. The summed E-state index contributed by atoms with van der Waals surface area (Å²) in [7, 11) is 0. The third-order valence-corrected chi connectivity index (χ3v) is 2.68. The summed E-state index contributed by atoms with van der Waals surface area (Å²) < 4.78 is 57.2. The lowest BCUT2D eigenvalue weighted by Crippen LogP contribution is -2.14. The van der Waals surface area contributed by atoms with E-state index in [2.05, 4.69) is 14.9 Å². The molecule has 0 bridgehead atoms. The van der Waals surface area contributed by atoms with E-state index in [1.165, 1.54) is 12.1 Å². The maximum absolute atomic E-state index is 13.3. The van der Waals surface area contributed by atoms with Gasteiger partial charge in [0.1, 0.15) is 3.70 Å². The number of hydrogen-bond acceptors (Lipinski definition) is 4. The molecule has 1 heterocycles. The third kappa shape index (κ3) is 2.86. The number of carbonyl (C=O) groups excluding carboxylic acids is 1. The first-order chi connectivity index (χ1) is 9.40. The van der Waals surface area contributed by atoms with Crippen LogP contribution in [0, 0.1) is 27.0 Å². The number of halogens is 5. The van der Waals surface area contributed by atoms with Crippen molar-refractivity contribution in [3.63, 3.8) is 0 Å². The molecule has 4 nitrogen and oxygen atoms in total. The number of aromatic nitrogens is 2. The second-order valence-electron chi connectivity index (χ2n) is 3.43. The van der Waals surface area contributed by atoms with Crippen LogP contribution >= 0.6 is 22.6 Å². The van der Waals surface area contributed by atoms with E-state index in [1.54, 1.807) is 0 Å². The standard InChI is InChI=1S/C11H3F4IN2O2/c12-4-3-5(13)9(15)10(8(4)14)20-11(19)6-1-2-7(16)18-17-6/h1-3H. The first kappa shape index (κ1) is 14.6. The topological polar surface area (TPSA) is 52.1 Å². The second-order valence-corrected chi connectivity index (χ2v) is 4.53. The molecule has 0 amide bonds. The molecule has 0 aliphatic carbocycles. The molecule has 0 unspecified atom stereocenters. The molecular weight excluding hydrogens is 395 g/mol. The van der Waals surface area contributed by atoms with Crippen LogP contribution in [-0.2, 0) is 0 Å². The normalized spacial score (nSPS) is 10.4. The fourth-order valence-corrected chi connectivity index (χ4v) is 1.50. The number of benzene rings is 1. The van der Waals surface area contributed by atoms with Crippen molar-refractivity contribution in [2.24, 2.45) is 0 Å². The SMILES string of the molecule is O=C(Oc1c(F)c(F)cc(F)c1F)c1ccc(I)nn1. The summed E-state index contributed by atoms with van der Waals surface area (Å²) in [4.78, 5) is 11.5. The molecule has 1 aromatic heterocycles. The average molecular weight is 398 g/mol. The number of ether oxygens (including phenoxy) is 1. The molecule has 0 saturated heterocycles. The first-order valence-electron chi connectivity index (χ1n) is 4.94. The Hall–Kier alpha value is -1.78. The summed E-state index contributed by atoms with van der Waals surface area (Å²) in [6.07, 6.45) is 0. The molecule has 0 fully saturated rings. The van der Waals surface area contributed by atoms with Crippen molar-refractivity contribution >= 4 is 28.6 Å². The molecule has 2 aromatic rings. The van der Waals surface area contributed by atoms with Crippen molar-refractivity contribution in [2.75, 3.05) is 0 Å². The van der Waals surface area contributed by atoms with Gasteiger partial charge in [0.05, 0.1) is 0 Å². The van der Waals surface area contributed by atoms with Crippen LogP contribution in [0.2, 0.25) is 0 Å². The highest BCUT2D eigenvalue weighted by Gasteiger charge is 2.24. The highest BCUT2D eigenvalue weighted by molar-refractivity contribution is 14.1. The summed E-state index contributed by atoms with van der Waals surface area (Å²) in [5.74, 6) is -9.74. The number of nitrogens with zero attached hydrogens (tertiary/aromatic N) is 2. The lowest BCUT2D eigenvalue weighted by molar-refractivity contribution is 0.0709. The number of rotatable bonds is 2. The Kier molecular flexibility index (Phi) is 4.16. The molecule has 0 atom stereocenters. The third-order valence-electron chi connectivity index (χ3n) is 2.11. The molecule has 2 rings (SSSR count). The van der Waals surface area contributed by atoms with Crippen LogP contribution in [0.1, 0.15) is 10.5 Å². The van der Waals surface area contributed by atoms with Gasteiger partial charge in [0.15, 0.2) is 17.3 Å². The van der Waals surface area contributed by atoms with Crippen molar-refractivity contribution in [1.29, 1.82) is 0 Å². The Morgan fingerprint density at radius 2 is 1.65 bits per heavy atom. The fourth-order valence-electron chi connectivity index (χ4n) is 1.21. The van der Waals surface area contributed by atoms with Crippen LogP contribution in [0.5, 0.6) is 5.75 Å². The monoisotopic (exact) mass is 398 g/mol. The summed E-state index contributed by atoms with van der Waals surface area (Å²) in [6.45, 7) is 0. The molecule has 20 heavy (non-hydrogen) atoms. The van der Waals surface area contributed by atoms with Gasteiger partial charge < -0.3 is 4.74 Å². The molecule has 1 aromatic carbocycles. The van der Waals surface area contributed by atoms with Gasteiger partial charge in [0, 0.05) is 6.07 Å². The summed E-state index contributed by atoms with van der Waals surface area (Å²) >= 11 is 1.82. The maximum atomic E-state index is 13.3. The smallest absolute Gasteiger partial charge is 0.364 e. The van der Waals surface area contributed by atoms with Crippen molar-refractivity contribution in [1.82, 2.24) is 10.2 Å². The highest BCUT2D eigenvalue weighted by Crippen LogP contribution is 2.27. The van der Waals surface area contributed by atoms with Crippen molar-refractivity contribution in [3.05, 3.63) is 50.9 Å². The average Bonchev–Trinajstić information content (AvgIpc) is 2.42. The molecular formula is C11H3F4IN2O2. The van der Waals surface area contributed by atoms with Crippen molar-refractivity contribution in [3.8, 4) is 5.75 Å². The van der Waals surface area contributed by atoms with E-state index in [0.29, 0.717) is 3.70 Å². The van der Waals surface area contributed by atoms with Crippen LogP contribution in [0.15, 0.2) is 18.2 Å². The zero-order valence-electron chi connectivity index (χ0n) is 9.33. The molecule has 0 aliphatic rings. The lowest BCUT2D eigenvalue weighted by atomic mass is 10.3. The zero-order chi connectivity index (χ0) is 14.9. The Morgan fingerprint density at radius 3 is 2.15 bits per heavy atom. The Morgan fingerprint density at radius 1 is 1.05 bits per heavy atom. The molecule has 9 heteroatoms. The van der Waals surface area contributed by atoms with Gasteiger partial charge in [-0.05, 0) is 34.7 Å². The van der Waals surface area contributed by atoms with Gasteiger partial charge in [0.2, 0.25) is 17.4 Å². The number of carbonyl (C=O) groups is 1. The fraction of sp³-hybridized carbons (Fsp3) is 0. The molecule has 0 radical (unpaired) electrons. The largest absolute Gasteiger partial charge is 0.415 e. The van der Waals surface area contributed by atoms with Gasteiger partial charge in [-0.3, -0.25) is 0 Å². The Bertz CT molecular complexity index is 653. The van der Waals surface area contributed by atoms with E-state index in [9.17, 15) is 22.4 Å². The lowest BCUT2D eigenvalue weighted by Gasteiger charge is -2.07. The molecule has 0 N–H and O–H groups in total. The summed E-state index contributed by atoms with van der Waals surface area (Å²) in [5.41, 5.74) is -0.367. The Labute approximate surface area is 122 Å². The molecule has 0 spiro atoms. The van der Waals surface area contributed by atoms with Crippen LogP contribution < -0.4 is 4.74 Å². The van der Waals surface area contributed by atoms with E-state index in [1.807, 2.05) is 22.6 Å². The number of hydrogen-bond donors (Lipinski definition) is 0. The summed E-state index contributed by atoms with van der Waals surface area (Å²) in [5, 5.41) is 6.94. The van der Waals surface area contributed by atoms with E-state index >= 15 is 0 Å². The second kappa shape index (κ2) is 5.69. The minimum atomic E-state index is -1.81. The van der Waals surface area contributed by atoms with Crippen LogP contribution in [0.25, 0.3) is 0 Å². The van der Waals surface area contributed by atoms with Gasteiger partial charge in [-0.25, -0.2) is 13.6 Å². The zero-order valence-corrected chi connectivity index (χ0v) is 11.5. The summed E-state index contributed by atoms with van der Waals surface area (Å²) in [6, 6.07) is 2.58. The number of esters is 1. The van der Waals surface area contributed by atoms with Crippen molar-refractivity contribution < 1.29 is 27.1 Å². The molecule has 0 aliphatic heterocycles. The first-order valence-corrected chi connectivity index (χ1v) is 6.02. The maximum Gasteiger partial charge on any atom is 0.364 e. The van der Waals surface area contributed by atoms with Crippen LogP contribution in [0.3, 0.4) is 0 Å². The van der Waals surface area contributed by atoms with Gasteiger partial charge in [-0.1, -0.05) is 0 Å². The minimum absolute atomic E-state index is 0.00663. The van der Waals surface area contributed by atoms with Gasteiger partial charge in [0.25, 0.3) is 0 Å². The van der Waals surface area contributed by atoms with E-state index in [-0.39, 0.29) is 11.8 Å².